The largest absolute Gasteiger partial charge is 0.335 e. The van der Waals surface area contributed by atoms with Crippen LogP contribution in [0.25, 0.3) is 22.6 Å². The quantitative estimate of drug-likeness (QED) is 0.724. The smallest absolute Gasteiger partial charge is 0.260 e. The number of rotatable bonds is 3. The molecule has 0 radical (unpaired) electrons. The molecule has 1 fully saturated rings. The van der Waals surface area contributed by atoms with Gasteiger partial charge in [-0.05, 0) is 18.9 Å². The second kappa shape index (κ2) is 5.71. The van der Waals surface area contributed by atoms with E-state index in [1.807, 2.05) is 0 Å². The summed E-state index contributed by atoms with van der Waals surface area (Å²) in [4.78, 5) is 30.6. The highest BCUT2D eigenvalue weighted by Gasteiger charge is 2.21. The monoisotopic (exact) mass is 310 g/mol. The van der Waals surface area contributed by atoms with Gasteiger partial charge in [-0.15, -0.1) is 0 Å². The maximum atomic E-state index is 11.9. The molecule has 116 valence electrons. The molecule has 0 bridgehead atoms. The van der Waals surface area contributed by atoms with Crippen LogP contribution in [0.1, 0.15) is 25.1 Å². The van der Waals surface area contributed by atoms with Crippen molar-refractivity contribution in [3.63, 3.8) is 0 Å². The highest BCUT2D eigenvalue weighted by molar-refractivity contribution is 5.85. The maximum Gasteiger partial charge on any atom is 0.260 e. The van der Waals surface area contributed by atoms with Gasteiger partial charge in [0.2, 0.25) is 5.91 Å². The molecule has 0 N–H and O–H groups in total. The average molecular weight is 310 g/mol. The number of pyridine rings is 1. The zero-order valence-corrected chi connectivity index (χ0v) is 12.3. The number of hydrogen-bond donors (Lipinski definition) is 0. The van der Waals surface area contributed by atoms with Crippen LogP contribution < -0.4 is 0 Å². The highest BCUT2D eigenvalue weighted by atomic mass is 16.5. The number of piperidine rings is 1. The third kappa shape index (κ3) is 2.63. The Morgan fingerprint density at radius 1 is 1.13 bits per heavy atom. The van der Waals surface area contributed by atoms with Crippen LogP contribution >= 0.6 is 0 Å². The van der Waals surface area contributed by atoms with Gasteiger partial charge in [-0.1, -0.05) is 5.16 Å². The Hall–Kier alpha value is -2.90. The van der Waals surface area contributed by atoms with E-state index < -0.39 is 0 Å². The van der Waals surface area contributed by atoms with Crippen molar-refractivity contribution in [2.24, 2.45) is 0 Å². The molecule has 0 aromatic carbocycles. The summed E-state index contributed by atoms with van der Waals surface area (Å²) in [7, 11) is 0. The van der Waals surface area contributed by atoms with Crippen molar-refractivity contribution in [2.45, 2.75) is 25.8 Å². The van der Waals surface area contributed by atoms with Gasteiger partial charge in [0.1, 0.15) is 5.52 Å². The molecule has 0 atom stereocenters. The van der Waals surface area contributed by atoms with Gasteiger partial charge in [-0.25, -0.2) is 9.97 Å². The van der Waals surface area contributed by atoms with Crippen molar-refractivity contribution in [1.29, 1.82) is 0 Å². The van der Waals surface area contributed by atoms with Crippen LogP contribution in [0, 0.1) is 0 Å². The van der Waals surface area contributed by atoms with Gasteiger partial charge in [0.15, 0.2) is 11.5 Å². The summed E-state index contributed by atoms with van der Waals surface area (Å²) in [5.41, 5.74) is 1.82. The molecule has 1 aliphatic heterocycles. The van der Waals surface area contributed by atoms with E-state index in [9.17, 15) is 4.79 Å². The minimum atomic E-state index is 0.142. The number of carbonyl (C=O) groups is 1. The molecule has 1 aliphatic rings. The summed E-state index contributed by atoms with van der Waals surface area (Å²) in [6.45, 7) is 1.11. The molecule has 0 aliphatic carbocycles. The summed E-state index contributed by atoms with van der Waals surface area (Å²) in [5, 5.41) is 3.98. The SMILES string of the molecule is O=C1CCCCN1Cc1noc(-c2ccnc3nccnc23)n1. The molecule has 4 heterocycles. The van der Waals surface area contributed by atoms with Gasteiger partial charge in [0.05, 0.1) is 12.1 Å². The Bertz CT molecular complexity index is 857. The van der Waals surface area contributed by atoms with E-state index in [1.165, 1.54) is 0 Å². The number of carbonyl (C=O) groups excluding carboxylic acids is 1. The van der Waals surface area contributed by atoms with E-state index in [1.54, 1.807) is 29.6 Å². The summed E-state index contributed by atoms with van der Waals surface area (Å²) in [6.07, 6.45) is 7.37. The van der Waals surface area contributed by atoms with Gasteiger partial charge in [0.25, 0.3) is 5.89 Å². The molecule has 23 heavy (non-hydrogen) atoms. The molecule has 0 unspecified atom stereocenters. The Morgan fingerprint density at radius 2 is 2.00 bits per heavy atom. The van der Waals surface area contributed by atoms with Crippen LogP contribution in [0.2, 0.25) is 0 Å². The van der Waals surface area contributed by atoms with Crippen molar-refractivity contribution in [2.75, 3.05) is 6.54 Å². The van der Waals surface area contributed by atoms with E-state index in [2.05, 4.69) is 25.1 Å². The number of fused-ring (bicyclic) bond motifs is 1. The first-order valence-corrected chi connectivity index (χ1v) is 7.48. The number of nitrogens with zero attached hydrogens (tertiary/aromatic N) is 6. The standard InChI is InChI=1S/C15H14N6O2/c22-12-3-1-2-8-21(12)9-11-19-15(23-20-11)10-4-5-17-14-13(10)16-6-7-18-14/h4-7H,1-3,8-9H2. The van der Waals surface area contributed by atoms with Crippen molar-refractivity contribution in [3.8, 4) is 11.5 Å². The molecule has 1 amide bonds. The Labute approximate surface area is 131 Å². The van der Waals surface area contributed by atoms with Crippen LogP contribution in [-0.4, -0.2) is 42.4 Å². The number of aromatic nitrogens is 5. The molecule has 8 nitrogen and oxygen atoms in total. The van der Waals surface area contributed by atoms with Gasteiger partial charge in [-0.2, -0.15) is 4.98 Å². The van der Waals surface area contributed by atoms with Crippen LogP contribution in [0.15, 0.2) is 29.2 Å². The molecule has 3 aromatic heterocycles. The maximum absolute atomic E-state index is 11.9. The minimum Gasteiger partial charge on any atom is -0.335 e. The molecule has 3 aromatic rings. The van der Waals surface area contributed by atoms with Crippen LogP contribution in [0.3, 0.4) is 0 Å². The Balaban J connectivity index is 1.63. The molecule has 0 spiro atoms. The predicted octanol–water partition coefficient (Wildman–Crippen LogP) is 1.59. The van der Waals surface area contributed by atoms with Gasteiger partial charge >= 0.3 is 0 Å². The van der Waals surface area contributed by atoms with Gasteiger partial charge < -0.3 is 9.42 Å². The lowest BCUT2D eigenvalue weighted by atomic mass is 10.1. The van der Waals surface area contributed by atoms with Gasteiger partial charge in [0, 0.05) is 31.6 Å². The van der Waals surface area contributed by atoms with E-state index >= 15 is 0 Å². The lowest BCUT2D eigenvalue weighted by molar-refractivity contribution is -0.134. The first-order valence-electron chi connectivity index (χ1n) is 7.48. The molecule has 1 saturated heterocycles. The molecule has 8 heteroatoms. The average Bonchev–Trinajstić information content (AvgIpc) is 3.05. The second-order valence-electron chi connectivity index (χ2n) is 5.38. The van der Waals surface area contributed by atoms with Crippen molar-refractivity contribution < 1.29 is 9.32 Å². The van der Waals surface area contributed by atoms with Crippen LogP contribution in [0.4, 0.5) is 0 Å². The van der Waals surface area contributed by atoms with Crippen molar-refractivity contribution in [3.05, 3.63) is 30.5 Å². The summed E-state index contributed by atoms with van der Waals surface area (Å²) >= 11 is 0. The molecule has 0 saturated carbocycles. The second-order valence-corrected chi connectivity index (χ2v) is 5.38. The van der Waals surface area contributed by atoms with E-state index in [0.717, 1.165) is 19.4 Å². The van der Waals surface area contributed by atoms with E-state index in [-0.39, 0.29) is 5.91 Å². The lowest BCUT2D eigenvalue weighted by Crippen LogP contribution is -2.34. The molecule has 4 rings (SSSR count). The van der Waals surface area contributed by atoms with Gasteiger partial charge in [-0.3, -0.25) is 9.78 Å². The summed E-state index contributed by atoms with van der Waals surface area (Å²) in [6, 6.07) is 1.76. The van der Waals surface area contributed by atoms with E-state index in [0.29, 0.717) is 41.4 Å². The van der Waals surface area contributed by atoms with Crippen LogP contribution in [0.5, 0.6) is 0 Å². The normalized spacial score (nSPS) is 15.3. The van der Waals surface area contributed by atoms with Crippen LogP contribution in [-0.2, 0) is 11.3 Å². The molecular formula is C15H14N6O2. The third-order valence-corrected chi connectivity index (χ3v) is 3.82. The lowest BCUT2D eigenvalue weighted by Gasteiger charge is -2.25. The zero-order chi connectivity index (χ0) is 15.6. The first-order chi connectivity index (χ1) is 11.3. The summed E-state index contributed by atoms with van der Waals surface area (Å²) in [5.74, 6) is 0.990. The van der Waals surface area contributed by atoms with Crippen molar-refractivity contribution in [1.82, 2.24) is 30.0 Å². The van der Waals surface area contributed by atoms with Crippen molar-refractivity contribution >= 4 is 17.1 Å². The fourth-order valence-corrected chi connectivity index (χ4v) is 2.68. The Kier molecular flexibility index (Phi) is 3.41. The fourth-order valence-electron chi connectivity index (χ4n) is 2.68. The third-order valence-electron chi connectivity index (χ3n) is 3.82. The zero-order valence-electron chi connectivity index (χ0n) is 12.3. The predicted molar refractivity (Wildman–Crippen MR) is 79.9 cm³/mol. The Morgan fingerprint density at radius 3 is 2.91 bits per heavy atom. The number of hydrogen-bond acceptors (Lipinski definition) is 7. The topological polar surface area (TPSA) is 97.9 Å². The number of likely N-dealkylation sites (tertiary alicyclic amines) is 1. The number of amides is 1. The minimum absolute atomic E-state index is 0.142. The summed E-state index contributed by atoms with van der Waals surface area (Å²) < 4.78 is 5.34. The molecular weight excluding hydrogens is 296 g/mol. The highest BCUT2D eigenvalue weighted by Crippen LogP contribution is 2.23. The first kappa shape index (κ1) is 13.7. The fraction of sp³-hybridized carbons (Fsp3) is 0.333. The van der Waals surface area contributed by atoms with E-state index in [4.69, 9.17) is 4.52 Å².